The summed E-state index contributed by atoms with van der Waals surface area (Å²) < 4.78 is 5.11. The van der Waals surface area contributed by atoms with Gasteiger partial charge in [-0.15, -0.1) is 0 Å². The lowest BCUT2D eigenvalue weighted by Gasteiger charge is -2.08. The molecule has 0 bridgehead atoms. The number of benzene rings is 1. The van der Waals surface area contributed by atoms with E-state index in [1.807, 2.05) is 24.3 Å². The molecule has 0 aliphatic heterocycles. The van der Waals surface area contributed by atoms with E-state index < -0.39 is 0 Å². The first-order chi connectivity index (χ1) is 10.2. The van der Waals surface area contributed by atoms with E-state index in [4.69, 9.17) is 4.42 Å². The Morgan fingerprint density at radius 2 is 2.05 bits per heavy atom. The SMILES string of the molecule is CNc1cc(C(=O)Nc2nc(C)co2)nc2ccccc12. The zero-order chi connectivity index (χ0) is 14.8. The van der Waals surface area contributed by atoms with E-state index in [1.54, 1.807) is 20.0 Å². The molecular formula is C15H14N4O2. The van der Waals surface area contributed by atoms with Crippen molar-refractivity contribution in [3.8, 4) is 0 Å². The molecule has 0 atom stereocenters. The molecule has 6 heteroatoms. The molecule has 0 unspecified atom stereocenters. The van der Waals surface area contributed by atoms with E-state index in [1.165, 1.54) is 6.26 Å². The number of aromatic nitrogens is 2. The van der Waals surface area contributed by atoms with E-state index >= 15 is 0 Å². The van der Waals surface area contributed by atoms with Gasteiger partial charge in [0.05, 0.1) is 11.2 Å². The van der Waals surface area contributed by atoms with Gasteiger partial charge in [0, 0.05) is 18.1 Å². The van der Waals surface area contributed by atoms with Crippen LogP contribution in [0.25, 0.3) is 10.9 Å². The first-order valence-corrected chi connectivity index (χ1v) is 6.48. The number of aryl methyl sites for hydroxylation is 1. The molecule has 6 nitrogen and oxygen atoms in total. The Kier molecular flexibility index (Phi) is 3.27. The number of oxazole rings is 1. The van der Waals surface area contributed by atoms with Crippen molar-refractivity contribution in [3.63, 3.8) is 0 Å². The summed E-state index contributed by atoms with van der Waals surface area (Å²) in [5.74, 6) is -0.362. The number of hydrogen-bond donors (Lipinski definition) is 2. The third-order valence-electron chi connectivity index (χ3n) is 3.06. The molecule has 3 rings (SSSR count). The summed E-state index contributed by atoms with van der Waals surface area (Å²) in [4.78, 5) is 20.6. The van der Waals surface area contributed by atoms with Gasteiger partial charge < -0.3 is 9.73 Å². The molecule has 0 fully saturated rings. The van der Waals surface area contributed by atoms with Crippen molar-refractivity contribution < 1.29 is 9.21 Å². The van der Waals surface area contributed by atoms with E-state index in [9.17, 15) is 4.79 Å². The molecule has 0 saturated heterocycles. The molecule has 21 heavy (non-hydrogen) atoms. The highest BCUT2D eigenvalue weighted by molar-refractivity contribution is 6.05. The van der Waals surface area contributed by atoms with Gasteiger partial charge in [-0.2, -0.15) is 4.98 Å². The quantitative estimate of drug-likeness (QED) is 0.772. The minimum absolute atomic E-state index is 0.165. The first kappa shape index (κ1) is 13.1. The Balaban J connectivity index is 1.98. The molecule has 3 aromatic rings. The minimum atomic E-state index is -0.362. The molecule has 0 spiro atoms. The summed E-state index contributed by atoms with van der Waals surface area (Å²) >= 11 is 0. The topological polar surface area (TPSA) is 80.0 Å². The number of para-hydroxylation sites is 1. The number of fused-ring (bicyclic) bond motifs is 1. The molecule has 1 amide bonds. The largest absolute Gasteiger partial charge is 0.432 e. The van der Waals surface area contributed by atoms with Gasteiger partial charge in [0.15, 0.2) is 0 Å². The van der Waals surface area contributed by atoms with Crippen LogP contribution in [-0.4, -0.2) is 22.9 Å². The Labute approximate surface area is 121 Å². The lowest BCUT2D eigenvalue weighted by Crippen LogP contribution is -2.14. The Hall–Kier alpha value is -2.89. The number of nitrogens with zero attached hydrogens (tertiary/aromatic N) is 2. The maximum atomic E-state index is 12.2. The number of hydrogen-bond acceptors (Lipinski definition) is 5. The van der Waals surface area contributed by atoms with Crippen LogP contribution in [0.3, 0.4) is 0 Å². The van der Waals surface area contributed by atoms with Crippen molar-refractivity contribution in [2.45, 2.75) is 6.92 Å². The van der Waals surface area contributed by atoms with Crippen molar-refractivity contribution in [1.29, 1.82) is 0 Å². The fraction of sp³-hybridized carbons (Fsp3) is 0.133. The van der Waals surface area contributed by atoms with Crippen LogP contribution in [-0.2, 0) is 0 Å². The highest BCUT2D eigenvalue weighted by Gasteiger charge is 2.13. The van der Waals surface area contributed by atoms with Gasteiger partial charge in [-0.3, -0.25) is 10.1 Å². The van der Waals surface area contributed by atoms with Gasteiger partial charge in [-0.05, 0) is 19.1 Å². The number of carbonyl (C=O) groups excluding carboxylic acids is 1. The Morgan fingerprint density at radius 3 is 2.76 bits per heavy atom. The standard InChI is InChI=1S/C15H14N4O2/c1-9-8-21-15(17-9)19-14(20)13-7-12(16-2)10-5-3-4-6-11(10)18-13/h3-8H,1-2H3,(H,16,18)(H,17,19,20). The molecule has 0 aliphatic rings. The summed E-state index contributed by atoms with van der Waals surface area (Å²) in [6.45, 7) is 1.78. The van der Waals surface area contributed by atoms with Gasteiger partial charge in [0.1, 0.15) is 12.0 Å². The molecule has 0 aliphatic carbocycles. The predicted octanol–water partition coefficient (Wildman–Crippen LogP) is 2.83. The molecule has 0 radical (unpaired) electrons. The molecule has 2 heterocycles. The molecule has 0 saturated carbocycles. The lowest BCUT2D eigenvalue weighted by atomic mass is 10.1. The second-order valence-corrected chi connectivity index (χ2v) is 4.57. The lowest BCUT2D eigenvalue weighted by molar-refractivity contribution is 0.102. The normalized spacial score (nSPS) is 10.6. The summed E-state index contributed by atoms with van der Waals surface area (Å²) in [7, 11) is 1.81. The van der Waals surface area contributed by atoms with Crippen molar-refractivity contribution in [1.82, 2.24) is 9.97 Å². The Bertz CT molecular complexity index is 810. The molecular weight excluding hydrogens is 268 g/mol. The minimum Gasteiger partial charge on any atom is -0.432 e. The fourth-order valence-corrected chi connectivity index (χ4v) is 2.07. The summed E-state index contributed by atoms with van der Waals surface area (Å²) in [6, 6.07) is 9.50. The van der Waals surface area contributed by atoms with Crippen LogP contribution in [0, 0.1) is 6.92 Å². The van der Waals surface area contributed by atoms with Gasteiger partial charge in [-0.25, -0.2) is 4.98 Å². The van der Waals surface area contributed by atoms with Gasteiger partial charge in [-0.1, -0.05) is 18.2 Å². The van der Waals surface area contributed by atoms with Crippen molar-refractivity contribution in [2.75, 3.05) is 17.7 Å². The highest BCUT2D eigenvalue weighted by Crippen LogP contribution is 2.23. The summed E-state index contributed by atoms with van der Waals surface area (Å²) in [5.41, 5.74) is 2.59. The van der Waals surface area contributed by atoms with Crippen LogP contribution in [0.1, 0.15) is 16.2 Å². The van der Waals surface area contributed by atoms with Gasteiger partial charge >= 0.3 is 6.01 Å². The van der Waals surface area contributed by atoms with Crippen molar-refractivity contribution in [2.24, 2.45) is 0 Å². The number of amides is 1. The second-order valence-electron chi connectivity index (χ2n) is 4.57. The zero-order valence-electron chi connectivity index (χ0n) is 11.7. The highest BCUT2D eigenvalue weighted by atomic mass is 16.4. The zero-order valence-corrected chi connectivity index (χ0v) is 11.7. The number of nitrogens with one attached hydrogen (secondary N) is 2. The first-order valence-electron chi connectivity index (χ1n) is 6.48. The van der Waals surface area contributed by atoms with Crippen molar-refractivity contribution in [3.05, 3.63) is 48.0 Å². The average Bonchev–Trinajstić information content (AvgIpc) is 2.91. The third-order valence-corrected chi connectivity index (χ3v) is 3.06. The predicted molar refractivity (Wildman–Crippen MR) is 80.5 cm³/mol. The third kappa shape index (κ3) is 2.55. The molecule has 2 aromatic heterocycles. The molecule has 1 aromatic carbocycles. The second kappa shape index (κ2) is 5.24. The van der Waals surface area contributed by atoms with Crippen LogP contribution >= 0.6 is 0 Å². The molecule has 106 valence electrons. The van der Waals surface area contributed by atoms with Crippen LogP contribution in [0.15, 0.2) is 41.0 Å². The van der Waals surface area contributed by atoms with Crippen LogP contribution in [0.4, 0.5) is 11.7 Å². The number of anilines is 2. The maximum absolute atomic E-state index is 12.2. The van der Waals surface area contributed by atoms with E-state index in [0.717, 1.165) is 16.6 Å². The Morgan fingerprint density at radius 1 is 1.24 bits per heavy atom. The number of pyridine rings is 1. The smallest absolute Gasteiger partial charge is 0.301 e. The number of carbonyl (C=O) groups is 1. The van der Waals surface area contributed by atoms with Crippen molar-refractivity contribution >= 4 is 28.5 Å². The average molecular weight is 282 g/mol. The summed E-state index contributed by atoms with van der Waals surface area (Å²) in [5, 5.41) is 6.62. The maximum Gasteiger partial charge on any atom is 0.301 e. The van der Waals surface area contributed by atoms with Gasteiger partial charge in [0.25, 0.3) is 5.91 Å². The number of rotatable bonds is 3. The van der Waals surface area contributed by atoms with Gasteiger partial charge in [0.2, 0.25) is 0 Å². The van der Waals surface area contributed by atoms with E-state index in [-0.39, 0.29) is 11.9 Å². The van der Waals surface area contributed by atoms with Crippen LogP contribution < -0.4 is 10.6 Å². The van der Waals surface area contributed by atoms with Crippen LogP contribution in [0.2, 0.25) is 0 Å². The van der Waals surface area contributed by atoms with E-state index in [0.29, 0.717) is 11.4 Å². The van der Waals surface area contributed by atoms with Crippen LogP contribution in [0.5, 0.6) is 0 Å². The fourth-order valence-electron chi connectivity index (χ4n) is 2.07. The molecule has 2 N–H and O–H groups in total. The van der Waals surface area contributed by atoms with E-state index in [2.05, 4.69) is 20.6 Å². The monoisotopic (exact) mass is 282 g/mol. The summed E-state index contributed by atoms with van der Waals surface area (Å²) in [6.07, 6.45) is 1.47.